The van der Waals surface area contributed by atoms with Crippen molar-refractivity contribution in [3.63, 3.8) is 0 Å². The van der Waals surface area contributed by atoms with E-state index >= 15 is 0 Å². The van der Waals surface area contributed by atoms with Crippen LogP contribution in [0.5, 0.6) is 0 Å². The van der Waals surface area contributed by atoms with Crippen LogP contribution in [0.2, 0.25) is 0 Å². The fourth-order valence-corrected chi connectivity index (χ4v) is 1.28. The largest absolute Gasteiger partial charge is 0.481 e. The molecule has 3 N–H and O–H groups in total. The Morgan fingerprint density at radius 1 is 1.31 bits per heavy atom. The molecular weight excluding hydrogens is 208 g/mol. The van der Waals surface area contributed by atoms with Crippen LogP contribution in [0.4, 0.5) is 0 Å². The number of carboxylic acids is 1. The average molecular weight is 230 g/mol. The van der Waals surface area contributed by atoms with Gasteiger partial charge in [-0.1, -0.05) is 20.8 Å². The van der Waals surface area contributed by atoms with Gasteiger partial charge in [-0.15, -0.1) is 0 Å². The van der Waals surface area contributed by atoms with Crippen LogP contribution in [0.15, 0.2) is 0 Å². The van der Waals surface area contributed by atoms with Crippen LogP contribution in [-0.2, 0) is 9.59 Å². The minimum Gasteiger partial charge on any atom is -0.481 e. The Labute approximate surface area is 96.6 Å². The summed E-state index contributed by atoms with van der Waals surface area (Å²) < 4.78 is 0. The van der Waals surface area contributed by atoms with E-state index < -0.39 is 5.97 Å². The number of carbonyl (C=O) groups excluding carboxylic acids is 1. The summed E-state index contributed by atoms with van der Waals surface area (Å²) >= 11 is 0. The highest BCUT2D eigenvalue weighted by Gasteiger charge is 2.13. The van der Waals surface area contributed by atoms with Gasteiger partial charge < -0.3 is 15.7 Å². The molecule has 0 bridgehead atoms. The molecule has 0 aromatic rings. The lowest BCUT2D eigenvalue weighted by Gasteiger charge is -2.15. The molecule has 0 aliphatic carbocycles. The summed E-state index contributed by atoms with van der Waals surface area (Å²) in [7, 11) is 0. The second-order valence-corrected chi connectivity index (χ2v) is 4.13. The van der Waals surface area contributed by atoms with Crippen molar-refractivity contribution in [2.75, 3.05) is 6.54 Å². The molecule has 0 saturated heterocycles. The summed E-state index contributed by atoms with van der Waals surface area (Å²) in [5.74, 6) is -0.978. The third kappa shape index (κ3) is 8.23. The van der Waals surface area contributed by atoms with Crippen LogP contribution >= 0.6 is 0 Å². The predicted octanol–water partition coefficient (Wildman–Crippen LogP) is 0.744. The Morgan fingerprint density at radius 3 is 2.38 bits per heavy atom. The number of amides is 1. The maximum absolute atomic E-state index is 11.4. The van der Waals surface area contributed by atoms with Gasteiger partial charge in [0.25, 0.3) is 0 Å². The molecule has 94 valence electrons. The van der Waals surface area contributed by atoms with Crippen LogP contribution < -0.4 is 10.6 Å². The lowest BCUT2D eigenvalue weighted by molar-refractivity contribution is -0.137. The zero-order chi connectivity index (χ0) is 12.6. The highest BCUT2D eigenvalue weighted by Crippen LogP contribution is 1.98. The average Bonchev–Trinajstić information content (AvgIpc) is 2.15. The smallest absolute Gasteiger partial charge is 0.305 e. The number of hydrogen-bond donors (Lipinski definition) is 3. The van der Waals surface area contributed by atoms with E-state index in [-0.39, 0.29) is 18.4 Å². The lowest BCUT2D eigenvalue weighted by Crippen LogP contribution is -2.38. The van der Waals surface area contributed by atoms with E-state index in [0.29, 0.717) is 25.4 Å². The molecule has 0 heterocycles. The summed E-state index contributed by atoms with van der Waals surface area (Å²) in [5.41, 5.74) is 0. The molecule has 0 aromatic heterocycles. The molecule has 0 aliphatic heterocycles. The monoisotopic (exact) mass is 230 g/mol. The molecule has 1 unspecified atom stereocenters. The van der Waals surface area contributed by atoms with Crippen LogP contribution in [0.3, 0.4) is 0 Å². The Bertz CT molecular complexity index is 229. The first-order valence-electron chi connectivity index (χ1n) is 5.70. The zero-order valence-corrected chi connectivity index (χ0v) is 10.2. The van der Waals surface area contributed by atoms with E-state index in [1.54, 1.807) is 0 Å². The summed E-state index contributed by atoms with van der Waals surface area (Å²) in [5, 5.41) is 14.5. The molecule has 0 rings (SSSR count). The summed E-state index contributed by atoms with van der Waals surface area (Å²) in [6, 6.07) is 0.0952. The van der Waals surface area contributed by atoms with Crippen molar-refractivity contribution in [1.29, 1.82) is 0 Å². The molecule has 0 saturated carbocycles. The Hall–Kier alpha value is -1.10. The molecule has 0 radical (unpaired) electrons. The fraction of sp³-hybridized carbons (Fsp3) is 0.818. The van der Waals surface area contributed by atoms with Crippen LogP contribution in [0.1, 0.15) is 40.0 Å². The van der Waals surface area contributed by atoms with Crippen molar-refractivity contribution < 1.29 is 14.7 Å². The molecule has 5 heteroatoms. The minimum absolute atomic E-state index is 0.0140. The first-order valence-corrected chi connectivity index (χ1v) is 5.70. The number of rotatable bonds is 8. The Balaban J connectivity index is 3.78. The van der Waals surface area contributed by atoms with Gasteiger partial charge >= 0.3 is 5.97 Å². The molecule has 16 heavy (non-hydrogen) atoms. The number of aliphatic carboxylic acids is 1. The highest BCUT2D eigenvalue weighted by atomic mass is 16.4. The number of carbonyl (C=O) groups is 2. The van der Waals surface area contributed by atoms with Gasteiger partial charge in [0.1, 0.15) is 0 Å². The third-order valence-corrected chi connectivity index (χ3v) is 2.18. The van der Waals surface area contributed by atoms with Crippen molar-refractivity contribution in [1.82, 2.24) is 10.6 Å². The second kappa shape index (κ2) is 8.10. The predicted molar refractivity (Wildman–Crippen MR) is 62.2 cm³/mol. The standard InChI is InChI=1S/C11H22N2O3/c1-4-9(7-11(15)16)13-10(14)5-6-12-8(2)3/h8-9,12H,4-7H2,1-3H3,(H,13,14)(H,15,16). The van der Waals surface area contributed by atoms with Gasteiger partial charge in [0, 0.05) is 25.0 Å². The topological polar surface area (TPSA) is 78.4 Å². The van der Waals surface area contributed by atoms with Gasteiger partial charge in [-0.2, -0.15) is 0 Å². The lowest BCUT2D eigenvalue weighted by atomic mass is 10.1. The van der Waals surface area contributed by atoms with Crippen LogP contribution in [0.25, 0.3) is 0 Å². The van der Waals surface area contributed by atoms with Crippen molar-refractivity contribution >= 4 is 11.9 Å². The number of hydrogen-bond acceptors (Lipinski definition) is 3. The van der Waals surface area contributed by atoms with E-state index in [4.69, 9.17) is 5.11 Å². The van der Waals surface area contributed by atoms with Crippen molar-refractivity contribution in [3.05, 3.63) is 0 Å². The zero-order valence-electron chi connectivity index (χ0n) is 10.2. The van der Waals surface area contributed by atoms with Crippen molar-refractivity contribution in [2.24, 2.45) is 0 Å². The van der Waals surface area contributed by atoms with Gasteiger partial charge in [0.15, 0.2) is 0 Å². The summed E-state index contributed by atoms with van der Waals surface area (Å²) in [4.78, 5) is 21.9. The first-order chi connectivity index (χ1) is 7.45. The van der Waals surface area contributed by atoms with E-state index in [1.807, 2.05) is 20.8 Å². The number of carboxylic acid groups (broad SMARTS) is 1. The quantitative estimate of drug-likeness (QED) is 0.575. The van der Waals surface area contributed by atoms with Gasteiger partial charge in [-0.05, 0) is 6.42 Å². The molecule has 1 atom stereocenters. The molecule has 5 nitrogen and oxygen atoms in total. The molecule has 0 aliphatic rings. The SMILES string of the molecule is CCC(CC(=O)O)NC(=O)CCNC(C)C. The first kappa shape index (κ1) is 14.9. The van der Waals surface area contributed by atoms with Crippen LogP contribution in [0, 0.1) is 0 Å². The van der Waals surface area contributed by atoms with E-state index in [0.717, 1.165) is 0 Å². The Kier molecular flexibility index (Phi) is 7.54. The van der Waals surface area contributed by atoms with E-state index in [1.165, 1.54) is 0 Å². The maximum atomic E-state index is 11.4. The van der Waals surface area contributed by atoms with E-state index in [9.17, 15) is 9.59 Å². The van der Waals surface area contributed by atoms with Crippen LogP contribution in [-0.4, -0.2) is 35.6 Å². The van der Waals surface area contributed by atoms with Crippen molar-refractivity contribution in [3.8, 4) is 0 Å². The second-order valence-electron chi connectivity index (χ2n) is 4.13. The summed E-state index contributed by atoms with van der Waals surface area (Å²) in [6.07, 6.45) is 1.00. The van der Waals surface area contributed by atoms with Gasteiger partial charge in [-0.25, -0.2) is 0 Å². The normalized spacial score (nSPS) is 12.5. The molecule has 0 aromatic carbocycles. The molecular formula is C11H22N2O3. The molecule has 0 spiro atoms. The maximum Gasteiger partial charge on any atom is 0.305 e. The highest BCUT2D eigenvalue weighted by molar-refractivity contribution is 5.77. The molecule has 1 amide bonds. The van der Waals surface area contributed by atoms with Gasteiger partial charge in [0.2, 0.25) is 5.91 Å². The van der Waals surface area contributed by atoms with E-state index in [2.05, 4.69) is 10.6 Å². The Morgan fingerprint density at radius 2 is 1.94 bits per heavy atom. The summed E-state index contributed by atoms with van der Waals surface area (Å²) in [6.45, 7) is 6.50. The third-order valence-electron chi connectivity index (χ3n) is 2.18. The fourth-order valence-electron chi connectivity index (χ4n) is 1.28. The van der Waals surface area contributed by atoms with Gasteiger partial charge in [-0.3, -0.25) is 9.59 Å². The minimum atomic E-state index is -0.882. The van der Waals surface area contributed by atoms with Gasteiger partial charge in [0.05, 0.1) is 6.42 Å². The molecule has 0 fully saturated rings. The number of nitrogens with one attached hydrogen (secondary N) is 2. The van der Waals surface area contributed by atoms with Crippen molar-refractivity contribution in [2.45, 2.75) is 52.1 Å².